The van der Waals surface area contributed by atoms with Crippen LogP contribution in [0.1, 0.15) is 30.9 Å². The average molecular weight is 308 g/mol. The van der Waals surface area contributed by atoms with E-state index in [1.165, 1.54) is 6.42 Å². The van der Waals surface area contributed by atoms with Crippen molar-refractivity contribution in [2.45, 2.75) is 31.3 Å². The van der Waals surface area contributed by atoms with Gasteiger partial charge in [-0.15, -0.1) is 0 Å². The summed E-state index contributed by atoms with van der Waals surface area (Å²) < 4.78 is 0. The summed E-state index contributed by atoms with van der Waals surface area (Å²) in [4.78, 5) is 14.7. The van der Waals surface area contributed by atoms with Crippen LogP contribution in [0.4, 0.5) is 0 Å². The Labute approximate surface area is 130 Å². The van der Waals surface area contributed by atoms with E-state index in [2.05, 4.69) is 16.7 Å². The van der Waals surface area contributed by atoms with Gasteiger partial charge in [-0.1, -0.05) is 23.7 Å². The maximum atomic E-state index is 12.6. The van der Waals surface area contributed by atoms with E-state index in [9.17, 15) is 4.79 Å². The summed E-state index contributed by atoms with van der Waals surface area (Å²) in [6.45, 7) is 3.46. The van der Waals surface area contributed by atoms with Gasteiger partial charge >= 0.3 is 0 Å². The Balaban J connectivity index is 1.72. The molecular formula is C16H22ClN3O. The molecule has 0 bridgehead atoms. The number of halogens is 1. The van der Waals surface area contributed by atoms with Gasteiger partial charge in [0.25, 0.3) is 0 Å². The SMILES string of the molecule is O=C(CC1CCCN1)N1CCNCC1c1cccc(Cl)c1. The fourth-order valence-electron chi connectivity index (χ4n) is 3.27. The van der Waals surface area contributed by atoms with E-state index in [0.717, 1.165) is 43.2 Å². The third-order valence-corrected chi connectivity index (χ3v) is 4.62. The fraction of sp³-hybridized carbons (Fsp3) is 0.562. The van der Waals surface area contributed by atoms with Gasteiger partial charge in [0.15, 0.2) is 0 Å². The van der Waals surface area contributed by atoms with Crippen molar-refractivity contribution in [3.63, 3.8) is 0 Å². The molecule has 2 aliphatic heterocycles. The molecule has 0 aromatic heterocycles. The summed E-state index contributed by atoms with van der Waals surface area (Å²) in [7, 11) is 0. The van der Waals surface area contributed by atoms with E-state index >= 15 is 0 Å². The third-order valence-electron chi connectivity index (χ3n) is 4.38. The smallest absolute Gasteiger partial charge is 0.224 e. The summed E-state index contributed by atoms with van der Waals surface area (Å²) in [5, 5.41) is 7.51. The average Bonchev–Trinajstić information content (AvgIpc) is 3.00. The van der Waals surface area contributed by atoms with Gasteiger partial charge in [-0.2, -0.15) is 0 Å². The number of hydrogen-bond acceptors (Lipinski definition) is 3. The normalized spacial score (nSPS) is 26.0. The van der Waals surface area contributed by atoms with Gasteiger partial charge < -0.3 is 15.5 Å². The Morgan fingerprint density at radius 1 is 1.38 bits per heavy atom. The Bertz CT molecular complexity index is 502. The summed E-state index contributed by atoms with van der Waals surface area (Å²) in [6, 6.07) is 8.28. The molecule has 0 spiro atoms. The van der Waals surface area contributed by atoms with Gasteiger partial charge in [-0.05, 0) is 37.1 Å². The summed E-state index contributed by atoms with van der Waals surface area (Å²) >= 11 is 6.09. The van der Waals surface area contributed by atoms with Crippen molar-refractivity contribution < 1.29 is 4.79 Å². The Kier molecular flexibility index (Phi) is 4.78. The highest BCUT2D eigenvalue weighted by atomic mass is 35.5. The van der Waals surface area contributed by atoms with Crippen LogP contribution in [0.5, 0.6) is 0 Å². The Morgan fingerprint density at radius 2 is 2.29 bits per heavy atom. The first-order valence-corrected chi connectivity index (χ1v) is 8.11. The second-order valence-corrected chi connectivity index (χ2v) is 6.30. The number of carbonyl (C=O) groups excluding carboxylic acids is 1. The second kappa shape index (κ2) is 6.77. The molecule has 0 radical (unpaired) electrons. The van der Waals surface area contributed by atoms with Crippen LogP contribution in [0.15, 0.2) is 24.3 Å². The number of nitrogens with zero attached hydrogens (tertiary/aromatic N) is 1. The van der Waals surface area contributed by atoms with Crippen molar-refractivity contribution in [2.24, 2.45) is 0 Å². The van der Waals surface area contributed by atoms with Gasteiger partial charge in [0.05, 0.1) is 6.04 Å². The molecule has 0 saturated carbocycles. The van der Waals surface area contributed by atoms with Crippen LogP contribution >= 0.6 is 11.6 Å². The minimum absolute atomic E-state index is 0.0892. The first-order chi connectivity index (χ1) is 10.2. The van der Waals surface area contributed by atoms with Crippen LogP contribution in [0, 0.1) is 0 Å². The quantitative estimate of drug-likeness (QED) is 0.897. The first kappa shape index (κ1) is 14.8. The zero-order valence-electron chi connectivity index (χ0n) is 12.1. The lowest BCUT2D eigenvalue weighted by molar-refractivity contribution is -0.135. The number of rotatable bonds is 3. The van der Waals surface area contributed by atoms with Crippen molar-refractivity contribution in [3.05, 3.63) is 34.9 Å². The molecule has 3 rings (SSSR count). The minimum Gasteiger partial charge on any atom is -0.333 e. The fourth-order valence-corrected chi connectivity index (χ4v) is 3.47. The molecule has 114 valence electrons. The molecule has 21 heavy (non-hydrogen) atoms. The standard InChI is InChI=1S/C16H22ClN3O/c17-13-4-1-3-12(9-13)15-11-18-7-8-20(15)16(21)10-14-5-2-6-19-14/h1,3-4,9,14-15,18-19H,2,5-8,10-11H2. The lowest BCUT2D eigenvalue weighted by Gasteiger charge is -2.37. The van der Waals surface area contributed by atoms with Crippen LogP contribution in [0.25, 0.3) is 0 Å². The molecular weight excluding hydrogens is 286 g/mol. The van der Waals surface area contributed by atoms with Gasteiger partial charge in [-0.3, -0.25) is 4.79 Å². The molecule has 2 N–H and O–H groups in total. The van der Waals surface area contributed by atoms with Crippen molar-refractivity contribution in [2.75, 3.05) is 26.2 Å². The van der Waals surface area contributed by atoms with Crippen molar-refractivity contribution in [1.29, 1.82) is 0 Å². The summed E-state index contributed by atoms with van der Waals surface area (Å²) in [5.41, 5.74) is 1.11. The van der Waals surface area contributed by atoms with E-state index in [1.807, 2.05) is 23.1 Å². The van der Waals surface area contributed by atoms with Crippen molar-refractivity contribution in [3.8, 4) is 0 Å². The van der Waals surface area contributed by atoms with E-state index in [1.54, 1.807) is 0 Å². The van der Waals surface area contributed by atoms with Crippen LogP contribution in [0.3, 0.4) is 0 Å². The minimum atomic E-state index is 0.0892. The zero-order chi connectivity index (χ0) is 14.7. The third kappa shape index (κ3) is 3.57. The molecule has 0 aliphatic carbocycles. The molecule has 2 atom stereocenters. The molecule has 4 nitrogen and oxygen atoms in total. The number of carbonyl (C=O) groups is 1. The number of hydrogen-bond donors (Lipinski definition) is 2. The highest BCUT2D eigenvalue weighted by Gasteiger charge is 2.29. The lowest BCUT2D eigenvalue weighted by Crippen LogP contribution is -2.49. The predicted octanol–water partition coefficient (Wildman–Crippen LogP) is 1.96. The van der Waals surface area contributed by atoms with Gasteiger partial charge in [-0.25, -0.2) is 0 Å². The lowest BCUT2D eigenvalue weighted by atomic mass is 10.0. The van der Waals surface area contributed by atoms with Gasteiger partial charge in [0.1, 0.15) is 0 Å². The number of nitrogens with one attached hydrogen (secondary N) is 2. The Hall–Kier alpha value is -1.10. The molecule has 2 fully saturated rings. The maximum absolute atomic E-state index is 12.6. The summed E-state index contributed by atoms with van der Waals surface area (Å²) in [6.07, 6.45) is 2.90. The summed E-state index contributed by atoms with van der Waals surface area (Å²) in [5.74, 6) is 0.251. The highest BCUT2D eigenvalue weighted by molar-refractivity contribution is 6.30. The molecule has 1 amide bonds. The number of amides is 1. The van der Waals surface area contributed by atoms with Crippen LogP contribution in [-0.2, 0) is 4.79 Å². The number of piperazine rings is 1. The molecule has 1 aromatic carbocycles. The van der Waals surface area contributed by atoms with E-state index in [0.29, 0.717) is 12.5 Å². The van der Waals surface area contributed by atoms with Crippen LogP contribution in [-0.4, -0.2) is 43.0 Å². The van der Waals surface area contributed by atoms with Crippen LogP contribution < -0.4 is 10.6 Å². The van der Waals surface area contributed by atoms with E-state index in [4.69, 9.17) is 11.6 Å². The Morgan fingerprint density at radius 3 is 3.05 bits per heavy atom. The zero-order valence-corrected chi connectivity index (χ0v) is 12.9. The maximum Gasteiger partial charge on any atom is 0.224 e. The highest BCUT2D eigenvalue weighted by Crippen LogP contribution is 2.26. The van der Waals surface area contributed by atoms with E-state index in [-0.39, 0.29) is 11.9 Å². The number of benzene rings is 1. The molecule has 5 heteroatoms. The molecule has 2 unspecified atom stereocenters. The molecule has 2 saturated heterocycles. The molecule has 2 heterocycles. The van der Waals surface area contributed by atoms with Crippen LogP contribution in [0.2, 0.25) is 5.02 Å². The second-order valence-electron chi connectivity index (χ2n) is 5.86. The van der Waals surface area contributed by atoms with E-state index < -0.39 is 0 Å². The monoisotopic (exact) mass is 307 g/mol. The van der Waals surface area contributed by atoms with Crippen molar-refractivity contribution >= 4 is 17.5 Å². The topological polar surface area (TPSA) is 44.4 Å². The first-order valence-electron chi connectivity index (χ1n) is 7.73. The van der Waals surface area contributed by atoms with Gasteiger partial charge in [0.2, 0.25) is 5.91 Å². The predicted molar refractivity (Wildman–Crippen MR) is 84.4 cm³/mol. The largest absolute Gasteiger partial charge is 0.333 e. The van der Waals surface area contributed by atoms with Gasteiger partial charge in [0, 0.05) is 37.1 Å². The van der Waals surface area contributed by atoms with Crippen molar-refractivity contribution in [1.82, 2.24) is 15.5 Å². The molecule has 2 aliphatic rings. The molecule has 1 aromatic rings.